The molecule has 0 N–H and O–H groups in total. The van der Waals surface area contributed by atoms with Gasteiger partial charge in [0.1, 0.15) is 5.69 Å². The average molecular weight is 255 g/mol. The summed E-state index contributed by atoms with van der Waals surface area (Å²) in [5.74, 6) is 0.0406. The second-order valence-corrected chi connectivity index (χ2v) is 5.14. The molecule has 2 heterocycles. The van der Waals surface area contributed by atoms with Crippen LogP contribution in [-0.4, -0.2) is 22.2 Å². The Morgan fingerprint density at radius 3 is 2.63 bits per heavy atom. The van der Waals surface area contributed by atoms with E-state index in [-0.39, 0.29) is 5.91 Å². The Labute approximate surface area is 112 Å². The number of benzene rings is 1. The molecule has 4 heteroatoms. The number of carbonyl (C=O) groups excluding carboxylic acids is 1. The van der Waals surface area contributed by atoms with Gasteiger partial charge in [0, 0.05) is 12.2 Å². The number of hydrogen-bond donors (Lipinski definition) is 0. The van der Waals surface area contributed by atoms with Gasteiger partial charge in [-0.2, -0.15) is 5.10 Å². The number of amides is 1. The first kappa shape index (κ1) is 12.0. The highest BCUT2D eigenvalue weighted by atomic mass is 16.2. The van der Waals surface area contributed by atoms with Gasteiger partial charge in [0.05, 0.1) is 12.2 Å². The summed E-state index contributed by atoms with van der Waals surface area (Å²) in [5, 5.41) is 4.34. The summed E-state index contributed by atoms with van der Waals surface area (Å²) in [6, 6.07) is 8.05. The molecule has 3 rings (SSSR count). The van der Waals surface area contributed by atoms with E-state index in [1.807, 2.05) is 36.9 Å². The van der Waals surface area contributed by atoms with Crippen LogP contribution in [0.2, 0.25) is 0 Å². The molecule has 1 aromatic carbocycles. The Bertz CT molecular complexity index is 657. The van der Waals surface area contributed by atoms with Gasteiger partial charge in [-0.05, 0) is 38.5 Å². The Morgan fingerprint density at radius 2 is 1.89 bits per heavy atom. The van der Waals surface area contributed by atoms with Crippen molar-refractivity contribution >= 4 is 11.6 Å². The van der Waals surface area contributed by atoms with Crippen LogP contribution in [-0.2, 0) is 6.54 Å². The van der Waals surface area contributed by atoms with Crippen LogP contribution >= 0.6 is 0 Å². The van der Waals surface area contributed by atoms with Gasteiger partial charge in [-0.3, -0.25) is 9.48 Å². The molecule has 0 spiro atoms. The average Bonchev–Trinajstić information content (AvgIpc) is 2.73. The first-order valence-electron chi connectivity index (χ1n) is 6.50. The van der Waals surface area contributed by atoms with Crippen molar-refractivity contribution in [3.05, 3.63) is 46.8 Å². The van der Waals surface area contributed by atoms with Crippen LogP contribution < -0.4 is 4.90 Å². The van der Waals surface area contributed by atoms with Gasteiger partial charge < -0.3 is 4.90 Å². The minimum atomic E-state index is 0.0406. The maximum atomic E-state index is 12.5. The zero-order valence-corrected chi connectivity index (χ0v) is 11.5. The second kappa shape index (κ2) is 4.23. The maximum Gasteiger partial charge on any atom is 0.276 e. The molecule has 0 saturated carbocycles. The summed E-state index contributed by atoms with van der Waals surface area (Å²) in [6.45, 7) is 7.46. The van der Waals surface area contributed by atoms with Crippen molar-refractivity contribution in [1.82, 2.24) is 9.78 Å². The summed E-state index contributed by atoms with van der Waals surface area (Å²) >= 11 is 0. The van der Waals surface area contributed by atoms with Crippen molar-refractivity contribution in [3.8, 4) is 0 Å². The summed E-state index contributed by atoms with van der Waals surface area (Å²) in [6.07, 6.45) is 0. The summed E-state index contributed by atoms with van der Waals surface area (Å²) in [7, 11) is 0. The lowest BCUT2D eigenvalue weighted by Crippen LogP contribution is -2.40. The standard InChI is InChI=1S/C15H17N3O/c1-10-4-5-13(11(2)8-10)17-6-7-18-14(15(17)19)9-12(3)16-18/h4-5,8-9H,6-7H2,1-3H3. The van der Waals surface area contributed by atoms with E-state index in [9.17, 15) is 4.79 Å². The lowest BCUT2D eigenvalue weighted by atomic mass is 10.1. The first-order valence-corrected chi connectivity index (χ1v) is 6.50. The van der Waals surface area contributed by atoms with Gasteiger partial charge in [-0.1, -0.05) is 17.7 Å². The Kier molecular flexibility index (Phi) is 2.66. The molecule has 0 radical (unpaired) electrons. The minimum absolute atomic E-state index is 0.0406. The minimum Gasteiger partial charge on any atom is -0.305 e. The predicted molar refractivity (Wildman–Crippen MR) is 74.6 cm³/mol. The molecule has 19 heavy (non-hydrogen) atoms. The number of fused-ring (bicyclic) bond motifs is 1. The summed E-state index contributed by atoms with van der Waals surface area (Å²) in [4.78, 5) is 14.4. The van der Waals surface area contributed by atoms with Gasteiger partial charge in [0.15, 0.2) is 0 Å². The number of hydrogen-bond acceptors (Lipinski definition) is 2. The van der Waals surface area contributed by atoms with E-state index in [4.69, 9.17) is 0 Å². The lowest BCUT2D eigenvalue weighted by molar-refractivity contribution is 0.0962. The smallest absolute Gasteiger partial charge is 0.276 e. The molecule has 0 atom stereocenters. The first-order chi connectivity index (χ1) is 9.06. The van der Waals surface area contributed by atoms with Gasteiger partial charge in [0.25, 0.3) is 5.91 Å². The number of anilines is 1. The molecular weight excluding hydrogens is 238 g/mol. The number of aromatic nitrogens is 2. The fourth-order valence-corrected chi connectivity index (χ4v) is 2.66. The molecule has 0 fully saturated rings. The van der Waals surface area contributed by atoms with Crippen LogP contribution in [0.15, 0.2) is 24.3 Å². The fraction of sp³-hybridized carbons (Fsp3) is 0.333. The van der Waals surface area contributed by atoms with Crippen molar-refractivity contribution in [1.29, 1.82) is 0 Å². The quantitative estimate of drug-likeness (QED) is 0.785. The zero-order valence-electron chi connectivity index (χ0n) is 11.5. The number of carbonyl (C=O) groups is 1. The van der Waals surface area contributed by atoms with Crippen molar-refractivity contribution in [3.63, 3.8) is 0 Å². The SMILES string of the molecule is Cc1ccc(N2CCn3nc(C)cc3C2=O)c(C)c1. The topological polar surface area (TPSA) is 38.1 Å². The van der Waals surface area contributed by atoms with E-state index in [2.05, 4.69) is 18.1 Å². The van der Waals surface area contributed by atoms with Crippen molar-refractivity contribution in [2.24, 2.45) is 0 Å². The van der Waals surface area contributed by atoms with Gasteiger partial charge in [0.2, 0.25) is 0 Å². The van der Waals surface area contributed by atoms with Crippen molar-refractivity contribution in [2.45, 2.75) is 27.3 Å². The highest BCUT2D eigenvalue weighted by molar-refractivity contribution is 6.06. The van der Waals surface area contributed by atoms with Gasteiger partial charge in [-0.25, -0.2) is 0 Å². The normalized spacial score (nSPS) is 14.7. The third-order valence-electron chi connectivity index (χ3n) is 3.54. The van der Waals surface area contributed by atoms with Crippen LogP contribution in [0, 0.1) is 20.8 Å². The van der Waals surface area contributed by atoms with E-state index < -0.39 is 0 Å². The highest BCUT2D eigenvalue weighted by Gasteiger charge is 2.27. The number of aryl methyl sites for hydroxylation is 3. The third kappa shape index (κ3) is 1.93. The highest BCUT2D eigenvalue weighted by Crippen LogP contribution is 2.25. The number of nitrogens with zero attached hydrogens (tertiary/aromatic N) is 3. The van der Waals surface area contributed by atoms with Crippen LogP contribution in [0.25, 0.3) is 0 Å². The van der Waals surface area contributed by atoms with Crippen LogP contribution in [0.5, 0.6) is 0 Å². The molecule has 0 aliphatic carbocycles. The second-order valence-electron chi connectivity index (χ2n) is 5.14. The Hall–Kier alpha value is -2.10. The molecule has 0 saturated heterocycles. The largest absolute Gasteiger partial charge is 0.305 e. The molecule has 4 nitrogen and oxygen atoms in total. The predicted octanol–water partition coefficient (Wildman–Crippen LogP) is 2.47. The molecular formula is C15H17N3O. The monoisotopic (exact) mass is 255 g/mol. The molecule has 2 aromatic rings. The molecule has 0 unspecified atom stereocenters. The van der Waals surface area contributed by atoms with Gasteiger partial charge >= 0.3 is 0 Å². The van der Waals surface area contributed by atoms with Crippen molar-refractivity contribution in [2.75, 3.05) is 11.4 Å². The molecule has 1 aliphatic rings. The Balaban J connectivity index is 2.02. The van der Waals surface area contributed by atoms with E-state index in [1.54, 1.807) is 4.68 Å². The molecule has 1 aromatic heterocycles. The maximum absolute atomic E-state index is 12.5. The molecule has 1 amide bonds. The van der Waals surface area contributed by atoms with Crippen LogP contribution in [0.4, 0.5) is 5.69 Å². The van der Waals surface area contributed by atoms with Gasteiger partial charge in [-0.15, -0.1) is 0 Å². The van der Waals surface area contributed by atoms with Crippen LogP contribution in [0.1, 0.15) is 27.3 Å². The van der Waals surface area contributed by atoms with Crippen molar-refractivity contribution < 1.29 is 4.79 Å². The molecule has 1 aliphatic heterocycles. The van der Waals surface area contributed by atoms with E-state index >= 15 is 0 Å². The van der Waals surface area contributed by atoms with E-state index in [0.717, 1.165) is 23.5 Å². The molecule has 0 bridgehead atoms. The van der Waals surface area contributed by atoms with E-state index in [0.29, 0.717) is 12.2 Å². The van der Waals surface area contributed by atoms with E-state index in [1.165, 1.54) is 5.56 Å². The van der Waals surface area contributed by atoms with Crippen LogP contribution in [0.3, 0.4) is 0 Å². The Morgan fingerprint density at radius 1 is 1.11 bits per heavy atom. The fourth-order valence-electron chi connectivity index (χ4n) is 2.66. The lowest BCUT2D eigenvalue weighted by Gasteiger charge is -2.28. The zero-order chi connectivity index (χ0) is 13.6. The number of rotatable bonds is 1. The third-order valence-corrected chi connectivity index (χ3v) is 3.54. The summed E-state index contributed by atoms with van der Waals surface area (Å²) in [5.41, 5.74) is 4.93. The molecule has 98 valence electrons. The summed E-state index contributed by atoms with van der Waals surface area (Å²) < 4.78 is 1.80.